The highest BCUT2D eigenvalue weighted by Gasteiger charge is 1.99. The van der Waals surface area contributed by atoms with E-state index >= 15 is 0 Å². The molecule has 2 N–H and O–H groups in total. The normalized spacial score (nSPS) is 10.0. The summed E-state index contributed by atoms with van der Waals surface area (Å²) in [5.41, 5.74) is 1.86. The number of aliphatic hydroxyl groups is 1. The van der Waals surface area contributed by atoms with Crippen molar-refractivity contribution in [3.05, 3.63) is 17.5 Å². The van der Waals surface area contributed by atoms with Crippen LogP contribution < -0.4 is 0 Å². The van der Waals surface area contributed by atoms with Gasteiger partial charge in [0.15, 0.2) is 0 Å². The minimum absolute atomic E-state index is 0.0344. The summed E-state index contributed by atoms with van der Waals surface area (Å²) >= 11 is 0. The predicted octanol–water partition coefficient (Wildman–Crippen LogP) is 0.464. The molecule has 0 aliphatic heterocycles. The van der Waals surface area contributed by atoms with Gasteiger partial charge in [-0.05, 0) is 12.0 Å². The van der Waals surface area contributed by atoms with Gasteiger partial charge >= 0.3 is 0 Å². The number of hydrogen-bond acceptors (Lipinski definition) is 2. The number of nitrogens with zero attached hydrogens (tertiary/aromatic N) is 1. The molecule has 0 aromatic carbocycles. The molecule has 1 heterocycles. The first kappa shape index (κ1) is 6.29. The van der Waals surface area contributed by atoms with Crippen molar-refractivity contribution >= 4 is 0 Å². The maximum atomic E-state index is 8.66. The molecule has 0 aliphatic carbocycles. The zero-order valence-electron chi connectivity index (χ0n) is 5.39. The Morgan fingerprint density at radius 3 is 3.00 bits per heavy atom. The molecule has 50 valence electrons. The Bertz CT molecular complexity index is 164. The van der Waals surface area contributed by atoms with Crippen molar-refractivity contribution in [2.24, 2.45) is 0 Å². The lowest BCUT2D eigenvalue weighted by molar-refractivity contribution is 0.275. The molecule has 9 heavy (non-hydrogen) atoms. The summed E-state index contributed by atoms with van der Waals surface area (Å²) < 4.78 is 0. The fourth-order valence-corrected chi connectivity index (χ4v) is 0.786. The molecule has 0 atom stereocenters. The summed E-state index contributed by atoms with van der Waals surface area (Å²) in [6, 6.07) is 0. The number of aliphatic hydroxyl groups excluding tert-OH is 1. The van der Waals surface area contributed by atoms with Crippen LogP contribution in [-0.4, -0.2) is 15.3 Å². The fourth-order valence-electron chi connectivity index (χ4n) is 0.786. The number of aromatic nitrogens is 2. The van der Waals surface area contributed by atoms with Gasteiger partial charge in [0.05, 0.1) is 12.3 Å². The molecular formula is C6H10N2O. The summed E-state index contributed by atoms with van der Waals surface area (Å²) in [4.78, 5) is 0. The highest BCUT2D eigenvalue weighted by atomic mass is 16.3. The average molecular weight is 126 g/mol. The van der Waals surface area contributed by atoms with Crippen LogP contribution in [0.15, 0.2) is 6.20 Å². The second kappa shape index (κ2) is 2.64. The van der Waals surface area contributed by atoms with Crippen molar-refractivity contribution in [2.75, 3.05) is 0 Å². The predicted molar refractivity (Wildman–Crippen MR) is 33.9 cm³/mol. The largest absolute Gasteiger partial charge is 0.390 e. The van der Waals surface area contributed by atoms with Crippen molar-refractivity contribution in [3.8, 4) is 0 Å². The van der Waals surface area contributed by atoms with Gasteiger partial charge in [0.1, 0.15) is 0 Å². The van der Waals surface area contributed by atoms with Gasteiger partial charge in [-0.15, -0.1) is 0 Å². The van der Waals surface area contributed by atoms with E-state index < -0.39 is 0 Å². The van der Waals surface area contributed by atoms with Gasteiger partial charge in [-0.2, -0.15) is 5.10 Å². The quantitative estimate of drug-likeness (QED) is 0.605. The van der Waals surface area contributed by atoms with Crippen molar-refractivity contribution < 1.29 is 5.11 Å². The molecule has 0 unspecified atom stereocenters. The molecule has 3 heteroatoms. The third-order valence-electron chi connectivity index (χ3n) is 1.34. The maximum absolute atomic E-state index is 8.66. The number of nitrogens with one attached hydrogen (secondary N) is 1. The monoisotopic (exact) mass is 126 g/mol. The first-order valence-corrected chi connectivity index (χ1v) is 3.01. The topological polar surface area (TPSA) is 48.9 Å². The van der Waals surface area contributed by atoms with Crippen molar-refractivity contribution in [1.29, 1.82) is 0 Å². The van der Waals surface area contributed by atoms with Gasteiger partial charge in [-0.1, -0.05) is 6.92 Å². The van der Waals surface area contributed by atoms with E-state index in [-0.39, 0.29) is 6.61 Å². The maximum Gasteiger partial charge on any atom is 0.0908 e. The molecule has 0 radical (unpaired) electrons. The molecule has 0 fully saturated rings. The zero-order valence-corrected chi connectivity index (χ0v) is 5.39. The number of hydrogen-bond donors (Lipinski definition) is 2. The van der Waals surface area contributed by atoms with E-state index in [0.717, 1.165) is 17.7 Å². The molecule has 1 aromatic heterocycles. The smallest absolute Gasteiger partial charge is 0.0908 e. The Morgan fingerprint density at radius 1 is 1.78 bits per heavy atom. The fraction of sp³-hybridized carbons (Fsp3) is 0.500. The van der Waals surface area contributed by atoms with Gasteiger partial charge in [-0.25, -0.2) is 0 Å². The Morgan fingerprint density at radius 2 is 2.56 bits per heavy atom. The molecule has 3 nitrogen and oxygen atoms in total. The third kappa shape index (κ3) is 1.10. The molecule has 0 aliphatic rings. The second-order valence-corrected chi connectivity index (χ2v) is 1.87. The van der Waals surface area contributed by atoms with E-state index in [1.165, 1.54) is 0 Å². The van der Waals surface area contributed by atoms with Crippen molar-refractivity contribution in [2.45, 2.75) is 20.0 Å². The van der Waals surface area contributed by atoms with Crippen LogP contribution in [0.5, 0.6) is 0 Å². The highest BCUT2D eigenvalue weighted by Crippen LogP contribution is 2.03. The summed E-state index contributed by atoms with van der Waals surface area (Å²) in [6.45, 7) is 2.07. The Hall–Kier alpha value is -0.830. The van der Waals surface area contributed by atoms with Crippen LogP contribution >= 0.6 is 0 Å². The lowest BCUT2D eigenvalue weighted by atomic mass is 10.2. The van der Waals surface area contributed by atoms with Gasteiger partial charge < -0.3 is 5.11 Å². The first-order chi connectivity index (χ1) is 4.38. The number of rotatable bonds is 2. The third-order valence-corrected chi connectivity index (χ3v) is 1.34. The van der Waals surface area contributed by atoms with Gasteiger partial charge in [0, 0.05) is 6.20 Å². The summed E-state index contributed by atoms with van der Waals surface area (Å²) in [5.74, 6) is 0. The summed E-state index contributed by atoms with van der Waals surface area (Å²) in [6.07, 6.45) is 2.73. The van der Waals surface area contributed by atoms with E-state index in [0.29, 0.717) is 0 Å². The molecule has 0 bridgehead atoms. The van der Waals surface area contributed by atoms with Crippen LogP contribution in [-0.2, 0) is 13.0 Å². The Kier molecular flexibility index (Phi) is 1.85. The van der Waals surface area contributed by atoms with Crippen LogP contribution in [0.3, 0.4) is 0 Å². The summed E-state index contributed by atoms with van der Waals surface area (Å²) in [7, 11) is 0. The SMILES string of the molecule is CCc1c[nH]nc1CO. The number of aromatic amines is 1. The van der Waals surface area contributed by atoms with Crippen LogP contribution in [0.25, 0.3) is 0 Å². The zero-order chi connectivity index (χ0) is 6.69. The van der Waals surface area contributed by atoms with Gasteiger partial charge in [0.25, 0.3) is 0 Å². The molecule has 1 aromatic rings. The molecule has 0 amide bonds. The van der Waals surface area contributed by atoms with E-state index in [1.807, 2.05) is 13.1 Å². The average Bonchev–Trinajstić information content (AvgIpc) is 2.33. The lowest BCUT2D eigenvalue weighted by Crippen LogP contribution is -1.87. The molecule has 0 spiro atoms. The molecule has 0 saturated carbocycles. The van der Waals surface area contributed by atoms with Crippen LogP contribution in [0.4, 0.5) is 0 Å². The lowest BCUT2D eigenvalue weighted by Gasteiger charge is -1.90. The minimum atomic E-state index is 0.0344. The first-order valence-electron chi connectivity index (χ1n) is 3.01. The minimum Gasteiger partial charge on any atom is -0.390 e. The van der Waals surface area contributed by atoms with E-state index in [9.17, 15) is 0 Å². The number of aryl methyl sites for hydroxylation is 1. The van der Waals surface area contributed by atoms with E-state index in [4.69, 9.17) is 5.11 Å². The second-order valence-electron chi connectivity index (χ2n) is 1.87. The van der Waals surface area contributed by atoms with Crippen LogP contribution in [0.2, 0.25) is 0 Å². The molecule has 1 rings (SSSR count). The van der Waals surface area contributed by atoms with Gasteiger partial charge in [0.2, 0.25) is 0 Å². The van der Waals surface area contributed by atoms with E-state index in [1.54, 1.807) is 0 Å². The van der Waals surface area contributed by atoms with Crippen molar-refractivity contribution in [3.63, 3.8) is 0 Å². The Labute approximate surface area is 53.7 Å². The van der Waals surface area contributed by atoms with Crippen LogP contribution in [0.1, 0.15) is 18.2 Å². The van der Waals surface area contributed by atoms with E-state index in [2.05, 4.69) is 10.2 Å². The van der Waals surface area contributed by atoms with Gasteiger partial charge in [-0.3, -0.25) is 5.10 Å². The number of H-pyrrole nitrogens is 1. The van der Waals surface area contributed by atoms with Crippen LogP contribution in [0, 0.1) is 0 Å². The molecule has 0 saturated heterocycles. The highest BCUT2D eigenvalue weighted by molar-refractivity contribution is 5.14. The Balaban J connectivity index is 2.85. The molecular weight excluding hydrogens is 116 g/mol. The summed E-state index contributed by atoms with van der Waals surface area (Å²) in [5, 5.41) is 15.2. The van der Waals surface area contributed by atoms with Crippen molar-refractivity contribution in [1.82, 2.24) is 10.2 Å². The standard InChI is InChI=1S/C6H10N2O/c1-2-5-3-7-8-6(5)4-9/h3,9H,2,4H2,1H3,(H,7,8).